The van der Waals surface area contributed by atoms with Gasteiger partial charge in [-0.1, -0.05) is 12.1 Å². The predicted octanol–water partition coefficient (Wildman–Crippen LogP) is 3.02. The number of hydrogen-bond donors (Lipinski definition) is 0. The van der Waals surface area contributed by atoms with E-state index in [4.69, 9.17) is 9.47 Å². The molecule has 4 heteroatoms. The lowest BCUT2D eigenvalue weighted by atomic mass is 10.2. The molecule has 0 N–H and O–H groups in total. The summed E-state index contributed by atoms with van der Waals surface area (Å²) in [6.07, 6.45) is 3.79. The van der Waals surface area contributed by atoms with Gasteiger partial charge in [-0.15, -0.1) is 0 Å². The minimum Gasteiger partial charge on any atom is -0.497 e. The van der Waals surface area contributed by atoms with Gasteiger partial charge < -0.3 is 9.47 Å². The first kappa shape index (κ1) is 11.6. The Labute approximate surface area is 111 Å². The number of nitrogens with zero attached hydrogens (tertiary/aromatic N) is 2. The average molecular weight is 254 g/mol. The van der Waals surface area contributed by atoms with Crippen molar-refractivity contribution in [1.82, 2.24) is 9.38 Å². The van der Waals surface area contributed by atoms with Crippen LogP contribution in [0.4, 0.5) is 0 Å². The standard InChI is InChI=1S/C15H14N2O2/c1-18-12-6-3-5-11(9-12)15-16-10-13-14(19-2)7-4-8-17(13)15/h3-10H,1-2H3. The maximum atomic E-state index is 5.34. The quantitative estimate of drug-likeness (QED) is 0.720. The smallest absolute Gasteiger partial charge is 0.144 e. The van der Waals surface area contributed by atoms with Crippen LogP contribution in [0.15, 0.2) is 48.8 Å². The van der Waals surface area contributed by atoms with Gasteiger partial charge in [0.15, 0.2) is 0 Å². The van der Waals surface area contributed by atoms with Crippen LogP contribution in [0.25, 0.3) is 16.9 Å². The highest BCUT2D eigenvalue weighted by Gasteiger charge is 2.09. The molecule has 0 fully saturated rings. The van der Waals surface area contributed by atoms with Gasteiger partial charge in [0, 0.05) is 11.8 Å². The summed E-state index contributed by atoms with van der Waals surface area (Å²) in [5, 5.41) is 0. The van der Waals surface area contributed by atoms with Crippen molar-refractivity contribution in [1.29, 1.82) is 0 Å². The summed E-state index contributed by atoms with van der Waals surface area (Å²) in [5.41, 5.74) is 1.95. The largest absolute Gasteiger partial charge is 0.497 e. The summed E-state index contributed by atoms with van der Waals surface area (Å²) < 4.78 is 12.6. The van der Waals surface area contributed by atoms with E-state index in [0.717, 1.165) is 28.4 Å². The first-order chi connectivity index (χ1) is 9.33. The van der Waals surface area contributed by atoms with Crippen molar-refractivity contribution in [2.24, 2.45) is 0 Å². The highest BCUT2D eigenvalue weighted by atomic mass is 16.5. The second-order valence-corrected chi connectivity index (χ2v) is 4.15. The Hall–Kier alpha value is -2.49. The topological polar surface area (TPSA) is 35.8 Å². The number of methoxy groups -OCH3 is 2. The van der Waals surface area contributed by atoms with Crippen molar-refractivity contribution >= 4 is 5.52 Å². The summed E-state index contributed by atoms with van der Waals surface area (Å²) in [6, 6.07) is 11.7. The number of hydrogen-bond acceptors (Lipinski definition) is 3. The van der Waals surface area contributed by atoms with Crippen molar-refractivity contribution in [3.63, 3.8) is 0 Å². The molecule has 2 aromatic heterocycles. The van der Waals surface area contributed by atoms with Crippen molar-refractivity contribution in [2.45, 2.75) is 0 Å². The number of pyridine rings is 1. The monoisotopic (exact) mass is 254 g/mol. The predicted molar refractivity (Wildman–Crippen MR) is 73.7 cm³/mol. The molecule has 0 saturated carbocycles. The molecule has 0 spiro atoms. The van der Waals surface area contributed by atoms with E-state index in [1.807, 2.05) is 53.2 Å². The molecular weight excluding hydrogens is 240 g/mol. The molecule has 0 amide bonds. The molecule has 0 bridgehead atoms. The summed E-state index contributed by atoms with van der Waals surface area (Å²) in [6.45, 7) is 0. The first-order valence-electron chi connectivity index (χ1n) is 5.98. The third-order valence-corrected chi connectivity index (χ3v) is 3.08. The molecule has 3 aromatic rings. The number of imidazole rings is 1. The maximum absolute atomic E-state index is 5.34. The second-order valence-electron chi connectivity index (χ2n) is 4.15. The Morgan fingerprint density at radius 3 is 2.74 bits per heavy atom. The zero-order valence-corrected chi connectivity index (χ0v) is 10.8. The van der Waals surface area contributed by atoms with E-state index in [2.05, 4.69) is 4.98 Å². The van der Waals surface area contributed by atoms with Gasteiger partial charge in [-0.3, -0.25) is 4.40 Å². The van der Waals surface area contributed by atoms with E-state index in [0.29, 0.717) is 0 Å². The molecule has 0 saturated heterocycles. The van der Waals surface area contributed by atoms with Gasteiger partial charge in [0.05, 0.1) is 20.4 Å². The number of rotatable bonds is 3. The first-order valence-corrected chi connectivity index (χ1v) is 5.98. The third kappa shape index (κ3) is 1.91. The fraction of sp³-hybridized carbons (Fsp3) is 0.133. The Morgan fingerprint density at radius 2 is 1.95 bits per heavy atom. The van der Waals surface area contributed by atoms with Crippen molar-refractivity contribution in [2.75, 3.05) is 14.2 Å². The minimum absolute atomic E-state index is 0.809. The Bertz CT molecular complexity index is 719. The van der Waals surface area contributed by atoms with Crippen LogP contribution in [0.5, 0.6) is 11.5 Å². The number of ether oxygens (including phenoxy) is 2. The molecule has 4 nitrogen and oxygen atoms in total. The van der Waals surface area contributed by atoms with Crippen LogP contribution in [0.1, 0.15) is 0 Å². The number of fused-ring (bicyclic) bond motifs is 1. The van der Waals surface area contributed by atoms with E-state index in [-0.39, 0.29) is 0 Å². The van der Waals surface area contributed by atoms with Gasteiger partial charge in [-0.05, 0) is 24.3 Å². The van der Waals surface area contributed by atoms with Crippen molar-refractivity contribution in [3.8, 4) is 22.9 Å². The van der Waals surface area contributed by atoms with Crippen molar-refractivity contribution in [3.05, 3.63) is 48.8 Å². The Kier molecular flexibility index (Phi) is 2.83. The fourth-order valence-corrected chi connectivity index (χ4v) is 2.14. The van der Waals surface area contributed by atoms with Gasteiger partial charge in [0.25, 0.3) is 0 Å². The SMILES string of the molecule is COc1cccc(-c2ncc3c(OC)cccn23)c1. The van der Waals surface area contributed by atoms with Crippen LogP contribution < -0.4 is 9.47 Å². The molecular formula is C15H14N2O2. The van der Waals surface area contributed by atoms with Gasteiger partial charge in [-0.25, -0.2) is 4.98 Å². The zero-order valence-electron chi connectivity index (χ0n) is 10.8. The molecule has 0 aliphatic rings. The van der Waals surface area contributed by atoms with Gasteiger partial charge in [-0.2, -0.15) is 0 Å². The molecule has 1 aromatic carbocycles. The van der Waals surface area contributed by atoms with E-state index in [1.165, 1.54) is 0 Å². The van der Waals surface area contributed by atoms with Crippen LogP contribution in [-0.2, 0) is 0 Å². The summed E-state index contributed by atoms with van der Waals surface area (Å²) in [4.78, 5) is 4.48. The molecule has 0 atom stereocenters. The van der Waals surface area contributed by atoms with Crippen molar-refractivity contribution < 1.29 is 9.47 Å². The maximum Gasteiger partial charge on any atom is 0.144 e. The molecule has 0 unspecified atom stereocenters. The molecule has 0 aliphatic heterocycles. The highest BCUT2D eigenvalue weighted by Crippen LogP contribution is 2.27. The Balaban J connectivity index is 2.20. The van der Waals surface area contributed by atoms with Crippen LogP contribution in [0.2, 0.25) is 0 Å². The molecule has 2 heterocycles. The zero-order chi connectivity index (χ0) is 13.2. The molecule has 3 rings (SSSR count). The van der Waals surface area contributed by atoms with E-state index >= 15 is 0 Å². The van der Waals surface area contributed by atoms with E-state index in [9.17, 15) is 0 Å². The molecule has 0 aliphatic carbocycles. The molecule has 96 valence electrons. The normalized spacial score (nSPS) is 10.6. The van der Waals surface area contributed by atoms with Crippen LogP contribution in [0.3, 0.4) is 0 Å². The van der Waals surface area contributed by atoms with Crippen LogP contribution >= 0.6 is 0 Å². The summed E-state index contributed by atoms with van der Waals surface area (Å²) in [7, 11) is 3.32. The highest BCUT2D eigenvalue weighted by molar-refractivity contribution is 5.68. The molecule has 0 radical (unpaired) electrons. The van der Waals surface area contributed by atoms with Gasteiger partial charge in [0.1, 0.15) is 22.8 Å². The summed E-state index contributed by atoms with van der Waals surface area (Å²) >= 11 is 0. The average Bonchev–Trinajstić information content (AvgIpc) is 2.91. The Morgan fingerprint density at radius 1 is 1.05 bits per heavy atom. The second kappa shape index (κ2) is 4.65. The van der Waals surface area contributed by atoms with Gasteiger partial charge in [0.2, 0.25) is 0 Å². The molecule has 19 heavy (non-hydrogen) atoms. The van der Waals surface area contributed by atoms with E-state index in [1.54, 1.807) is 14.2 Å². The summed E-state index contributed by atoms with van der Waals surface area (Å²) in [5.74, 6) is 2.49. The number of aromatic nitrogens is 2. The third-order valence-electron chi connectivity index (χ3n) is 3.08. The lowest BCUT2D eigenvalue weighted by Gasteiger charge is -2.06. The fourth-order valence-electron chi connectivity index (χ4n) is 2.14. The van der Waals surface area contributed by atoms with Crippen LogP contribution in [-0.4, -0.2) is 23.6 Å². The lowest BCUT2D eigenvalue weighted by molar-refractivity contribution is 0.415. The minimum atomic E-state index is 0.809. The van der Waals surface area contributed by atoms with E-state index < -0.39 is 0 Å². The lowest BCUT2D eigenvalue weighted by Crippen LogP contribution is -1.92. The number of benzene rings is 1. The van der Waals surface area contributed by atoms with Gasteiger partial charge >= 0.3 is 0 Å². The van der Waals surface area contributed by atoms with Crippen LogP contribution in [0, 0.1) is 0 Å².